The standard InChI is InChI=1S/C16H12ClN5O2/c1-18-11-5-3-6-12(9-11)24-10-13-14(17)7-4-8-15(13)22-16(23)21(2)19-20-22/h3-9H,10H2,2H3. The number of nitrogens with zero attached hydrogens (tertiary/aromatic N) is 5. The predicted octanol–water partition coefficient (Wildman–Crippen LogP) is 2.75. The number of ether oxygens (including phenoxy) is 1. The van der Waals surface area contributed by atoms with Gasteiger partial charge in [-0.15, -0.1) is 0 Å². The SMILES string of the molecule is [C-]#[N+]c1cccc(OCc2c(Cl)cccc2-n2nnn(C)c2=O)c1. The van der Waals surface area contributed by atoms with Gasteiger partial charge in [-0.05, 0) is 34.7 Å². The number of halogens is 1. The minimum Gasteiger partial charge on any atom is -0.490 e. The molecule has 0 N–H and O–H groups in total. The summed E-state index contributed by atoms with van der Waals surface area (Å²) in [7, 11) is 1.52. The average molecular weight is 342 g/mol. The van der Waals surface area contributed by atoms with Crippen LogP contribution in [0.5, 0.6) is 5.75 Å². The first-order valence-corrected chi connectivity index (χ1v) is 7.35. The Morgan fingerprint density at radius 3 is 2.75 bits per heavy atom. The molecule has 0 atom stereocenters. The lowest BCUT2D eigenvalue weighted by molar-refractivity contribution is 0.306. The van der Waals surface area contributed by atoms with Crippen LogP contribution < -0.4 is 10.4 Å². The molecule has 0 spiro atoms. The maximum absolute atomic E-state index is 12.1. The molecule has 0 fully saturated rings. The summed E-state index contributed by atoms with van der Waals surface area (Å²) in [5.74, 6) is 0.542. The average Bonchev–Trinajstić information content (AvgIpc) is 2.93. The van der Waals surface area contributed by atoms with Gasteiger partial charge in [0.05, 0.1) is 12.3 Å². The van der Waals surface area contributed by atoms with Gasteiger partial charge in [-0.1, -0.05) is 29.8 Å². The normalized spacial score (nSPS) is 10.4. The molecule has 2 aromatic carbocycles. The Morgan fingerprint density at radius 1 is 1.25 bits per heavy atom. The Bertz CT molecular complexity index is 987. The van der Waals surface area contributed by atoms with Crippen LogP contribution in [0, 0.1) is 6.57 Å². The summed E-state index contributed by atoms with van der Waals surface area (Å²) >= 11 is 6.26. The van der Waals surface area contributed by atoms with Crippen molar-refractivity contribution in [3.05, 3.63) is 75.0 Å². The second-order valence-corrected chi connectivity index (χ2v) is 5.34. The van der Waals surface area contributed by atoms with Crippen LogP contribution >= 0.6 is 11.6 Å². The number of rotatable bonds is 4. The summed E-state index contributed by atoms with van der Waals surface area (Å²) in [4.78, 5) is 15.4. The van der Waals surface area contributed by atoms with Crippen molar-refractivity contribution in [3.8, 4) is 11.4 Å². The lowest BCUT2D eigenvalue weighted by Gasteiger charge is -2.12. The molecule has 3 rings (SSSR count). The van der Waals surface area contributed by atoms with E-state index in [-0.39, 0.29) is 12.3 Å². The molecule has 0 bridgehead atoms. The summed E-state index contributed by atoms with van der Waals surface area (Å²) in [6.45, 7) is 7.16. The van der Waals surface area contributed by atoms with Crippen molar-refractivity contribution >= 4 is 17.3 Å². The van der Waals surface area contributed by atoms with E-state index in [4.69, 9.17) is 22.9 Å². The van der Waals surface area contributed by atoms with Crippen LogP contribution in [0.2, 0.25) is 5.02 Å². The number of benzene rings is 2. The third-order valence-electron chi connectivity index (χ3n) is 3.37. The third-order valence-corrected chi connectivity index (χ3v) is 3.73. The van der Waals surface area contributed by atoms with Crippen LogP contribution in [0.25, 0.3) is 10.5 Å². The number of tetrazole rings is 1. The van der Waals surface area contributed by atoms with Crippen LogP contribution in [-0.4, -0.2) is 19.8 Å². The van der Waals surface area contributed by atoms with E-state index in [1.54, 1.807) is 42.5 Å². The fourth-order valence-electron chi connectivity index (χ4n) is 2.15. The predicted molar refractivity (Wildman–Crippen MR) is 88.6 cm³/mol. The van der Waals surface area contributed by atoms with Gasteiger partial charge >= 0.3 is 5.69 Å². The van der Waals surface area contributed by atoms with Gasteiger partial charge < -0.3 is 4.74 Å². The van der Waals surface area contributed by atoms with Gasteiger partial charge in [0.15, 0.2) is 5.69 Å². The zero-order chi connectivity index (χ0) is 17.1. The van der Waals surface area contributed by atoms with Crippen LogP contribution in [0.4, 0.5) is 5.69 Å². The van der Waals surface area contributed by atoms with Gasteiger partial charge in [-0.2, -0.15) is 9.36 Å². The van der Waals surface area contributed by atoms with Gasteiger partial charge in [-0.3, -0.25) is 0 Å². The molecular formula is C16H12ClN5O2. The van der Waals surface area contributed by atoms with Crippen molar-refractivity contribution < 1.29 is 4.74 Å². The van der Waals surface area contributed by atoms with Gasteiger partial charge in [0.2, 0.25) is 0 Å². The molecule has 0 saturated carbocycles. The molecule has 0 unspecified atom stereocenters. The van der Waals surface area contributed by atoms with Crippen molar-refractivity contribution in [2.24, 2.45) is 7.05 Å². The molecule has 0 amide bonds. The van der Waals surface area contributed by atoms with Crippen LogP contribution in [-0.2, 0) is 13.7 Å². The van der Waals surface area contributed by atoms with Gasteiger partial charge in [0, 0.05) is 17.6 Å². The molecule has 7 nitrogen and oxygen atoms in total. The Kier molecular flexibility index (Phi) is 4.31. The molecule has 3 aromatic rings. The lowest BCUT2D eigenvalue weighted by Crippen LogP contribution is -2.23. The zero-order valence-electron chi connectivity index (χ0n) is 12.7. The molecule has 120 valence electrons. The quantitative estimate of drug-likeness (QED) is 0.684. The van der Waals surface area contributed by atoms with Crippen molar-refractivity contribution in [1.82, 2.24) is 19.8 Å². The Morgan fingerprint density at radius 2 is 2.04 bits per heavy atom. The third kappa shape index (κ3) is 3.00. The summed E-state index contributed by atoms with van der Waals surface area (Å²) in [5, 5.41) is 7.99. The Hall–Kier alpha value is -3.11. The highest BCUT2D eigenvalue weighted by molar-refractivity contribution is 6.31. The van der Waals surface area contributed by atoms with E-state index in [1.807, 2.05) is 0 Å². The van der Waals surface area contributed by atoms with Crippen molar-refractivity contribution in [3.63, 3.8) is 0 Å². The van der Waals surface area contributed by atoms with Crippen LogP contribution in [0.1, 0.15) is 5.56 Å². The fourth-order valence-corrected chi connectivity index (χ4v) is 2.38. The van der Waals surface area contributed by atoms with Gasteiger partial charge in [0.25, 0.3) is 0 Å². The first kappa shape index (κ1) is 15.8. The molecule has 0 radical (unpaired) electrons. The van der Waals surface area contributed by atoms with Crippen LogP contribution in [0.15, 0.2) is 47.3 Å². The maximum atomic E-state index is 12.1. The van der Waals surface area contributed by atoms with E-state index in [9.17, 15) is 4.79 Å². The minimum absolute atomic E-state index is 0.124. The number of hydrogen-bond acceptors (Lipinski definition) is 4. The van der Waals surface area contributed by atoms with Gasteiger partial charge in [-0.25, -0.2) is 9.64 Å². The highest BCUT2D eigenvalue weighted by atomic mass is 35.5. The highest BCUT2D eigenvalue weighted by Crippen LogP contribution is 2.25. The van der Waals surface area contributed by atoms with E-state index in [0.717, 1.165) is 4.68 Å². The zero-order valence-corrected chi connectivity index (χ0v) is 13.4. The maximum Gasteiger partial charge on any atom is 0.368 e. The summed E-state index contributed by atoms with van der Waals surface area (Å²) in [6.07, 6.45) is 0. The largest absolute Gasteiger partial charge is 0.490 e. The molecule has 0 aliphatic heterocycles. The van der Waals surface area contributed by atoms with Crippen molar-refractivity contribution in [1.29, 1.82) is 0 Å². The summed E-state index contributed by atoms with van der Waals surface area (Å²) in [5.41, 5.74) is 1.21. The second-order valence-electron chi connectivity index (χ2n) is 4.93. The molecule has 8 heteroatoms. The summed E-state index contributed by atoms with van der Waals surface area (Å²) in [6, 6.07) is 12.0. The molecule has 1 heterocycles. The van der Waals surface area contributed by atoms with Gasteiger partial charge in [0.1, 0.15) is 12.4 Å². The highest BCUT2D eigenvalue weighted by Gasteiger charge is 2.14. The smallest absolute Gasteiger partial charge is 0.368 e. The number of aromatic nitrogens is 4. The van der Waals surface area contributed by atoms with E-state index >= 15 is 0 Å². The van der Waals surface area contributed by atoms with E-state index < -0.39 is 0 Å². The van der Waals surface area contributed by atoms with E-state index in [0.29, 0.717) is 27.7 Å². The molecule has 0 aliphatic rings. The Labute approximate surface area is 142 Å². The topological polar surface area (TPSA) is 66.3 Å². The monoisotopic (exact) mass is 341 g/mol. The first-order valence-electron chi connectivity index (χ1n) is 6.97. The van der Waals surface area contributed by atoms with E-state index in [1.165, 1.54) is 11.7 Å². The van der Waals surface area contributed by atoms with Crippen molar-refractivity contribution in [2.45, 2.75) is 6.61 Å². The molecule has 1 aromatic heterocycles. The lowest BCUT2D eigenvalue weighted by atomic mass is 10.2. The molecule has 0 saturated heterocycles. The Balaban J connectivity index is 1.95. The fraction of sp³-hybridized carbons (Fsp3) is 0.125. The number of hydrogen-bond donors (Lipinski definition) is 0. The van der Waals surface area contributed by atoms with Crippen molar-refractivity contribution in [2.75, 3.05) is 0 Å². The molecule has 24 heavy (non-hydrogen) atoms. The summed E-state index contributed by atoms with van der Waals surface area (Å²) < 4.78 is 8.02. The minimum atomic E-state index is -0.381. The van der Waals surface area contributed by atoms with Crippen LogP contribution in [0.3, 0.4) is 0 Å². The molecule has 0 aliphatic carbocycles. The number of aryl methyl sites for hydroxylation is 1. The van der Waals surface area contributed by atoms with E-state index in [2.05, 4.69) is 15.3 Å². The second kappa shape index (κ2) is 6.56. The molecular weight excluding hydrogens is 330 g/mol. The first-order chi connectivity index (χ1) is 11.6.